The van der Waals surface area contributed by atoms with Crippen molar-refractivity contribution in [2.45, 2.75) is 52.4 Å². The van der Waals surface area contributed by atoms with E-state index in [0.29, 0.717) is 23.0 Å². The van der Waals surface area contributed by atoms with Crippen molar-refractivity contribution in [1.82, 2.24) is 4.98 Å². The molecule has 130 valence electrons. The molecule has 0 unspecified atom stereocenters. The van der Waals surface area contributed by atoms with Gasteiger partial charge in [-0.15, -0.1) is 0 Å². The largest absolute Gasteiger partial charge is 0.461 e. The smallest absolute Gasteiger partial charge is 0.218 e. The van der Waals surface area contributed by atoms with Crippen LogP contribution < -0.4 is 0 Å². The lowest BCUT2D eigenvalue weighted by molar-refractivity contribution is 0.110. The fourth-order valence-electron chi connectivity index (χ4n) is 2.20. The SMILES string of the molecule is Cc1coc(C=O)c1-c1ccnc(F)c1CO[Si](C)(C)C(C)(C)C. The van der Waals surface area contributed by atoms with Gasteiger partial charge in [-0.3, -0.25) is 4.79 Å². The van der Waals surface area contributed by atoms with Gasteiger partial charge in [-0.2, -0.15) is 4.39 Å². The van der Waals surface area contributed by atoms with Gasteiger partial charge >= 0.3 is 0 Å². The van der Waals surface area contributed by atoms with E-state index in [2.05, 4.69) is 38.8 Å². The topological polar surface area (TPSA) is 52.3 Å². The first kappa shape index (κ1) is 18.5. The van der Waals surface area contributed by atoms with Crippen LogP contribution in [0.2, 0.25) is 18.1 Å². The van der Waals surface area contributed by atoms with E-state index in [0.717, 1.165) is 5.56 Å². The van der Waals surface area contributed by atoms with Gasteiger partial charge in [0.1, 0.15) is 0 Å². The van der Waals surface area contributed by atoms with Gasteiger partial charge in [-0.25, -0.2) is 4.98 Å². The second-order valence-corrected chi connectivity index (χ2v) is 12.3. The van der Waals surface area contributed by atoms with Crippen LogP contribution >= 0.6 is 0 Å². The molecule has 4 nitrogen and oxygen atoms in total. The Kier molecular flexibility index (Phi) is 5.10. The highest BCUT2D eigenvalue weighted by Crippen LogP contribution is 2.38. The Bertz CT molecular complexity index is 747. The normalized spacial score (nSPS) is 12.5. The van der Waals surface area contributed by atoms with Crippen molar-refractivity contribution in [3.8, 4) is 11.1 Å². The Morgan fingerprint density at radius 1 is 1.38 bits per heavy atom. The molecule has 2 aromatic rings. The molecule has 0 saturated heterocycles. The van der Waals surface area contributed by atoms with Gasteiger partial charge < -0.3 is 8.84 Å². The molecule has 0 amide bonds. The molecule has 0 radical (unpaired) electrons. The molecule has 24 heavy (non-hydrogen) atoms. The number of halogens is 1. The van der Waals surface area contributed by atoms with Gasteiger partial charge in [-0.05, 0) is 42.2 Å². The molecule has 2 rings (SSSR count). The van der Waals surface area contributed by atoms with Gasteiger partial charge in [0.05, 0.1) is 12.9 Å². The first-order chi connectivity index (χ1) is 11.1. The van der Waals surface area contributed by atoms with Crippen LogP contribution in [0, 0.1) is 12.9 Å². The summed E-state index contributed by atoms with van der Waals surface area (Å²) in [5.74, 6) is -0.393. The third-order valence-corrected chi connectivity index (χ3v) is 9.24. The fourth-order valence-corrected chi connectivity index (χ4v) is 3.14. The van der Waals surface area contributed by atoms with Crippen molar-refractivity contribution in [3.05, 3.63) is 41.4 Å². The molecular weight excluding hydrogens is 325 g/mol. The summed E-state index contributed by atoms with van der Waals surface area (Å²) in [6.07, 6.45) is 3.52. The molecule has 0 aliphatic rings. The molecule has 6 heteroatoms. The molecule has 0 aliphatic carbocycles. The Morgan fingerprint density at radius 2 is 2.04 bits per heavy atom. The number of pyridine rings is 1. The first-order valence-electron chi connectivity index (χ1n) is 7.89. The standard InChI is InChI=1S/C18H24FNO3Si/c1-12-10-22-15(9-21)16(12)13-7-8-20-17(19)14(13)11-23-24(5,6)18(2,3)4/h7-10H,11H2,1-6H3. The molecule has 2 heterocycles. The van der Waals surface area contributed by atoms with Crippen LogP contribution in [0.5, 0.6) is 0 Å². The van der Waals surface area contributed by atoms with Gasteiger partial charge in [0, 0.05) is 17.3 Å². The van der Waals surface area contributed by atoms with E-state index < -0.39 is 14.3 Å². The Morgan fingerprint density at radius 3 is 2.62 bits per heavy atom. The van der Waals surface area contributed by atoms with Crippen LogP contribution in [0.15, 0.2) is 22.9 Å². The summed E-state index contributed by atoms with van der Waals surface area (Å²) in [6.45, 7) is 12.6. The molecule has 0 atom stereocenters. The summed E-state index contributed by atoms with van der Waals surface area (Å²) in [5, 5.41) is 0.0192. The minimum atomic E-state index is -2.04. The van der Waals surface area contributed by atoms with Gasteiger partial charge in [0.15, 0.2) is 20.4 Å². The second kappa shape index (κ2) is 6.61. The van der Waals surface area contributed by atoms with E-state index in [9.17, 15) is 9.18 Å². The van der Waals surface area contributed by atoms with E-state index >= 15 is 0 Å². The van der Waals surface area contributed by atoms with Crippen LogP contribution in [0.4, 0.5) is 4.39 Å². The number of aryl methyl sites for hydroxylation is 1. The van der Waals surface area contributed by atoms with Crippen LogP contribution in [0.1, 0.15) is 42.5 Å². The lowest BCUT2D eigenvalue weighted by Crippen LogP contribution is -2.40. The van der Waals surface area contributed by atoms with Crippen LogP contribution in [-0.2, 0) is 11.0 Å². The van der Waals surface area contributed by atoms with Gasteiger partial charge in [-0.1, -0.05) is 20.8 Å². The van der Waals surface area contributed by atoms with E-state index in [4.69, 9.17) is 8.84 Å². The van der Waals surface area contributed by atoms with Crippen LogP contribution in [0.25, 0.3) is 11.1 Å². The molecule has 0 aromatic carbocycles. The van der Waals surface area contributed by atoms with E-state index in [1.807, 2.05) is 6.92 Å². The van der Waals surface area contributed by atoms with E-state index in [1.165, 1.54) is 12.5 Å². The predicted octanol–water partition coefficient (Wildman–Crippen LogP) is 5.12. The zero-order valence-corrected chi connectivity index (χ0v) is 16.1. The van der Waals surface area contributed by atoms with Crippen molar-refractivity contribution in [2.24, 2.45) is 0 Å². The maximum Gasteiger partial charge on any atom is 0.218 e. The monoisotopic (exact) mass is 349 g/mol. The third-order valence-electron chi connectivity index (χ3n) is 4.77. The number of carbonyl (C=O) groups excluding carboxylic acids is 1. The predicted molar refractivity (Wildman–Crippen MR) is 94.0 cm³/mol. The van der Waals surface area contributed by atoms with Crippen molar-refractivity contribution in [1.29, 1.82) is 0 Å². The average molecular weight is 349 g/mol. The number of nitrogens with zero attached hydrogens (tertiary/aromatic N) is 1. The van der Waals surface area contributed by atoms with Crippen LogP contribution in [0.3, 0.4) is 0 Å². The van der Waals surface area contributed by atoms with Crippen molar-refractivity contribution >= 4 is 14.6 Å². The fraction of sp³-hybridized carbons (Fsp3) is 0.444. The summed E-state index contributed by atoms with van der Waals surface area (Å²) >= 11 is 0. The highest BCUT2D eigenvalue weighted by Gasteiger charge is 2.37. The highest BCUT2D eigenvalue weighted by atomic mass is 28.4. The number of aldehydes is 1. The zero-order chi connectivity index (χ0) is 18.1. The van der Waals surface area contributed by atoms with E-state index in [1.54, 1.807) is 6.07 Å². The minimum absolute atomic E-state index is 0.0192. The number of carbonyl (C=O) groups is 1. The Labute approximate surface area is 143 Å². The van der Waals surface area contributed by atoms with Crippen molar-refractivity contribution in [2.75, 3.05) is 0 Å². The minimum Gasteiger partial charge on any atom is -0.461 e. The summed E-state index contributed by atoms with van der Waals surface area (Å²) in [4.78, 5) is 15.0. The van der Waals surface area contributed by atoms with E-state index in [-0.39, 0.29) is 17.4 Å². The maximum absolute atomic E-state index is 14.4. The summed E-state index contributed by atoms with van der Waals surface area (Å²) < 4.78 is 25.8. The molecule has 0 saturated carbocycles. The third kappa shape index (κ3) is 3.49. The van der Waals surface area contributed by atoms with Crippen molar-refractivity contribution < 1.29 is 18.0 Å². The lowest BCUT2D eigenvalue weighted by atomic mass is 9.99. The number of aromatic nitrogens is 1. The quantitative estimate of drug-likeness (QED) is 0.427. The Balaban J connectivity index is 2.45. The molecule has 2 aromatic heterocycles. The summed E-state index contributed by atoms with van der Waals surface area (Å²) in [6, 6.07) is 1.69. The van der Waals surface area contributed by atoms with Gasteiger partial charge in [0.2, 0.25) is 5.95 Å². The number of hydrogen-bond donors (Lipinski definition) is 0. The molecule has 0 N–H and O–H groups in total. The van der Waals surface area contributed by atoms with Crippen molar-refractivity contribution in [3.63, 3.8) is 0 Å². The first-order valence-corrected chi connectivity index (χ1v) is 10.8. The highest BCUT2D eigenvalue weighted by molar-refractivity contribution is 6.74. The summed E-state index contributed by atoms with van der Waals surface area (Å²) in [5.41, 5.74) is 2.32. The van der Waals surface area contributed by atoms with Crippen LogP contribution in [-0.4, -0.2) is 19.6 Å². The lowest BCUT2D eigenvalue weighted by Gasteiger charge is -2.36. The molecule has 0 fully saturated rings. The van der Waals surface area contributed by atoms with Gasteiger partial charge in [0.25, 0.3) is 0 Å². The number of hydrogen-bond acceptors (Lipinski definition) is 4. The number of rotatable bonds is 5. The average Bonchev–Trinajstić information content (AvgIpc) is 2.85. The molecule has 0 bridgehead atoms. The second-order valence-electron chi connectivity index (χ2n) is 7.45. The maximum atomic E-state index is 14.4. The molecule has 0 spiro atoms. The Hall–Kier alpha value is -1.79. The molecular formula is C18H24FNO3Si. The zero-order valence-electron chi connectivity index (χ0n) is 15.1. The summed E-state index contributed by atoms with van der Waals surface area (Å²) in [7, 11) is -2.04. The molecule has 0 aliphatic heterocycles. The number of furan rings is 1.